The topological polar surface area (TPSA) is 85.9 Å². The summed E-state index contributed by atoms with van der Waals surface area (Å²) in [5.41, 5.74) is 1.09. The lowest BCUT2D eigenvalue weighted by atomic mass is 10.2. The highest BCUT2D eigenvalue weighted by molar-refractivity contribution is 5.32. The molecule has 1 aromatic carbocycles. The molecule has 2 aromatic rings. The summed E-state index contributed by atoms with van der Waals surface area (Å²) in [6.45, 7) is 3.13. The lowest BCUT2D eigenvalue weighted by Gasteiger charge is -2.04. The lowest BCUT2D eigenvalue weighted by Crippen LogP contribution is -2.16. The van der Waals surface area contributed by atoms with E-state index in [4.69, 9.17) is 0 Å². The summed E-state index contributed by atoms with van der Waals surface area (Å²) in [4.78, 5) is 10.1. The molecule has 7 nitrogen and oxygen atoms in total. The number of nitrogens with one attached hydrogen (secondary N) is 1. The van der Waals surface area contributed by atoms with Crippen molar-refractivity contribution in [2.75, 3.05) is 0 Å². The molecule has 7 heteroatoms. The third kappa shape index (κ3) is 3.14. The van der Waals surface area contributed by atoms with Gasteiger partial charge in [-0.1, -0.05) is 12.1 Å². The van der Waals surface area contributed by atoms with Crippen molar-refractivity contribution in [1.82, 2.24) is 20.1 Å². The van der Waals surface area contributed by atoms with Crippen LogP contribution in [-0.2, 0) is 20.1 Å². The van der Waals surface area contributed by atoms with Crippen LogP contribution in [0.2, 0.25) is 0 Å². The molecule has 0 saturated carbocycles. The number of nitrogens with zero attached hydrogens (tertiary/aromatic N) is 4. The van der Waals surface area contributed by atoms with Crippen molar-refractivity contribution in [2.24, 2.45) is 7.05 Å². The van der Waals surface area contributed by atoms with Gasteiger partial charge >= 0.3 is 0 Å². The molecule has 0 atom stereocenters. The molecule has 100 valence electrons. The van der Waals surface area contributed by atoms with Crippen LogP contribution < -0.4 is 5.32 Å². The molecule has 1 aromatic heterocycles. The number of benzene rings is 1. The summed E-state index contributed by atoms with van der Waals surface area (Å²) in [6, 6.07) is 6.49. The SMILES string of the molecule is Cc1nnc(CNCc2ccc([N+](=O)[O-])cc2)n1C. The monoisotopic (exact) mass is 261 g/mol. The van der Waals surface area contributed by atoms with Crippen LogP contribution in [0.3, 0.4) is 0 Å². The molecule has 0 saturated heterocycles. The first-order chi connectivity index (χ1) is 9.08. The summed E-state index contributed by atoms with van der Waals surface area (Å²) in [5.74, 6) is 1.73. The Labute approximate surface area is 110 Å². The first kappa shape index (κ1) is 13.2. The second kappa shape index (κ2) is 5.57. The Hall–Kier alpha value is -2.28. The minimum Gasteiger partial charge on any atom is -0.317 e. The zero-order valence-electron chi connectivity index (χ0n) is 10.8. The molecular formula is C12H15N5O2. The van der Waals surface area contributed by atoms with Crippen molar-refractivity contribution in [2.45, 2.75) is 20.0 Å². The van der Waals surface area contributed by atoms with Gasteiger partial charge < -0.3 is 9.88 Å². The minimum atomic E-state index is -0.403. The predicted octanol–water partition coefficient (Wildman–Crippen LogP) is 1.32. The summed E-state index contributed by atoms with van der Waals surface area (Å²) in [6.07, 6.45) is 0. The van der Waals surface area contributed by atoms with Gasteiger partial charge in [-0.3, -0.25) is 10.1 Å². The number of nitro benzene ring substituents is 1. The molecule has 2 rings (SSSR count). The van der Waals surface area contributed by atoms with Crippen molar-refractivity contribution < 1.29 is 4.92 Å². The Morgan fingerprint density at radius 1 is 1.26 bits per heavy atom. The summed E-state index contributed by atoms with van der Waals surface area (Å²) < 4.78 is 1.92. The predicted molar refractivity (Wildman–Crippen MR) is 69.4 cm³/mol. The van der Waals surface area contributed by atoms with Crippen LogP contribution >= 0.6 is 0 Å². The van der Waals surface area contributed by atoms with E-state index in [0.717, 1.165) is 17.2 Å². The van der Waals surface area contributed by atoms with Gasteiger partial charge in [0.05, 0.1) is 11.5 Å². The quantitative estimate of drug-likeness (QED) is 0.648. The molecule has 0 aliphatic rings. The molecule has 0 amide bonds. The normalized spacial score (nSPS) is 10.6. The maximum absolute atomic E-state index is 10.5. The van der Waals surface area contributed by atoms with E-state index in [2.05, 4.69) is 15.5 Å². The molecule has 1 N–H and O–H groups in total. The van der Waals surface area contributed by atoms with E-state index in [0.29, 0.717) is 13.1 Å². The number of rotatable bonds is 5. The fourth-order valence-electron chi connectivity index (χ4n) is 1.66. The van der Waals surface area contributed by atoms with E-state index in [-0.39, 0.29) is 5.69 Å². The largest absolute Gasteiger partial charge is 0.317 e. The molecule has 19 heavy (non-hydrogen) atoms. The Kier molecular flexibility index (Phi) is 3.86. The highest BCUT2D eigenvalue weighted by atomic mass is 16.6. The van der Waals surface area contributed by atoms with Gasteiger partial charge in [-0.2, -0.15) is 0 Å². The third-order valence-corrected chi connectivity index (χ3v) is 2.94. The maximum atomic E-state index is 10.5. The van der Waals surface area contributed by atoms with Gasteiger partial charge in [0.15, 0.2) is 0 Å². The first-order valence-corrected chi connectivity index (χ1v) is 5.87. The Bertz CT molecular complexity index is 576. The molecule has 0 bridgehead atoms. The zero-order chi connectivity index (χ0) is 13.8. The summed E-state index contributed by atoms with van der Waals surface area (Å²) >= 11 is 0. The van der Waals surface area contributed by atoms with Crippen LogP contribution in [0.5, 0.6) is 0 Å². The summed E-state index contributed by atoms with van der Waals surface area (Å²) in [5, 5.41) is 21.8. The zero-order valence-corrected chi connectivity index (χ0v) is 10.8. The Morgan fingerprint density at radius 2 is 1.95 bits per heavy atom. The standard InChI is InChI=1S/C12H15N5O2/c1-9-14-15-12(16(9)2)8-13-7-10-3-5-11(6-4-10)17(18)19/h3-6,13H,7-8H2,1-2H3. The average molecular weight is 261 g/mol. The first-order valence-electron chi connectivity index (χ1n) is 5.87. The maximum Gasteiger partial charge on any atom is 0.269 e. The van der Waals surface area contributed by atoms with E-state index in [1.54, 1.807) is 12.1 Å². The number of aromatic nitrogens is 3. The second-order valence-electron chi connectivity index (χ2n) is 4.25. The van der Waals surface area contributed by atoms with E-state index < -0.39 is 4.92 Å². The summed E-state index contributed by atoms with van der Waals surface area (Å²) in [7, 11) is 1.91. The molecule has 0 spiro atoms. The smallest absolute Gasteiger partial charge is 0.269 e. The van der Waals surface area contributed by atoms with Crippen molar-refractivity contribution in [3.8, 4) is 0 Å². The van der Waals surface area contributed by atoms with Crippen LogP contribution in [0.15, 0.2) is 24.3 Å². The van der Waals surface area contributed by atoms with Gasteiger partial charge in [0, 0.05) is 25.7 Å². The van der Waals surface area contributed by atoms with Crippen LogP contribution in [0, 0.1) is 17.0 Å². The number of nitro groups is 1. The van der Waals surface area contributed by atoms with E-state index in [9.17, 15) is 10.1 Å². The van der Waals surface area contributed by atoms with Crippen LogP contribution in [-0.4, -0.2) is 19.7 Å². The van der Waals surface area contributed by atoms with Gasteiger partial charge in [0.2, 0.25) is 0 Å². The molecule has 0 radical (unpaired) electrons. The van der Waals surface area contributed by atoms with Gasteiger partial charge in [0.1, 0.15) is 11.6 Å². The highest BCUT2D eigenvalue weighted by Crippen LogP contribution is 2.11. The van der Waals surface area contributed by atoms with E-state index in [1.165, 1.54) is 12.1 Å². The van der Waals surface area contributed by atoms with Gasteiger partial charge in [-0.05, 0) is 12.5 Å². The fourth-order valence-corrected chi connectivity index (χ4v) is 1.66. The number of aryl methyl sites for hydroxylation is 1. The van der Waals surface area contributed by atoms with Crippen molar-refractivity contribution in [1.29, 1.82) is 0 Å². The van der Waals surface area contributed by atoms with E-state index >= 15 is 0 Å². The molecule has 0 aliphatic carbocycles. The average Bonchev–Trinajstić information content (AvgIpc) is 2.71. The number of hydrogen-bond donors (Lipinski definition) is 1. The van der Waals surface area contributed by atoms with Crippen LogP contribution in [0.1, 0.15) is 17.2 Å². The molecule has 1 heterocycles. The highest BCUT2D eigenvalue weighted by Gasteiger charge is 2.05. The number of hydrogen-bond acceptors (Lipinski definition) is 5. The molecule has 0 fully saturated rings. The van der Waals surface area contributed by atoms with Crippen LogP contribution in [0.25, 0.3) is 0 Å². The van der Waals surface area contributed by atoms with Gasteiger partial charge in [0.25, 0.3) is 5.69 Å². The van der Waals surface area contributed by atoms with Crippen molar-refractivity contribution in [3.05, 3.63) is 51.6 Å². The second-order valence-corrected chi connectivity index (χ2v) is 4.25. The molecular weight excluding hydrogens is 246 g/mol. The molecule has 0 aliphatic heterocycles. The van der Waals surface area contributed by atoms with Crippen LogP contribution in [0.4, 0.5) is 5.69 Å². The Balaban J connectivity index is 1.89. The third-order valence-electron chi connectivity index (χ3n) is 2.94. The fraction of sp³-hybridized carbons (Fsp3) is 0.333. The van der Waals surface area contributed by atoms with Gasteiger partial charge in [-0.15, -0.1) is 10.2 Å². The lowest BCUT2D eigenvalue weighted by molar-refractivity contribution is -0.384. The number of non-ortho nitro benzene ring substituents is 1. The van der Waals surface area contributed by atoms with Gasteiger partial charge in [-0.25, -0.2) is 0 Å². The van der Waals surface area contributed by atoms with E-state index in [1.807, 2.05) is 18.5 Å². The van der Waals surface area contributed by atoms with Crippen molar-refractivity contribution in [3.63, 3.8) is 0 Å². The van der Waals surface area contributed by atoms with Crippen molar-refractivity contribution >= 4 is 5.69 Å². The minimum absolute atomic E-state index is 0.104. The molecule has 0 unspecified atom stereocenters. The Morgan fingerprint density at radius 3 is 2.47 bits per heavy atom.